The van der Waals surface area contributed by atoms with Gasteiger partial charge in [0, 0.05) is 0 Å². The summed E-state index contributed by atoms with van der Waals surface area (Å²) in [6.07, 6.45) is 0. The minimum absolute atomic E-state index is 0.0805. The molecule has 0 amide bonds. The Kier molecular flexibility index (Phi) is 2.90. The van der Waals surface area contributed by atoms with E-state index in [1.165, 1.54) is 6.07 Å². The van der Waals surface area contributed by atoms with Gasteiger partial charge >= 0.3 is 96.7 Å². The third kappa shape index (κ3) is 2.11. The Bertz CT molecular complexity index is 506. The summed E-state index contributed by atoms with van der Waals surface area (Å²) >= 11 is -0.0805. The molecule has 0 aliphatic heterocycles. The fourth-order valence-electron chi connectivity index (χ4n) is 1.31. The molecule has 0 aliphatic carbocycles. The number of halogens is 1. The summed E-state index contributed by atoms with van der Waals surface area (Å²) in [5, 5.41) is 11.4. The number of hydrogen-bond donors (Lipinski definition) is 0. The van der Waals surface area contributed by atoms with Crippen LogP contribution in [0.5, 0.6) is 0 Å². The molecule has 0 unspecified atom stereocenters. The van der Waals surface area contributed by atoms with Gasteiger partial charge in [-0.05, 0) is 0 Å². The predicted molar refractivity (Wildman–Crippen MR) is 52.1 cm³/mol. The maximum atomic E-state index is 10.6. The zero-order valence-electron chi connectivity index (χ0n) is 8.07. The first kappa shape index (κ1) is 10.4. The molecule has 0 bridgehead atoms. The van der Waals surface area contributed by atoms with Crippen molar-refractivity contribution in [2.75, 3.05) is 4.43 Å². The van der Waals surface area contributed by atoms with Crippen LogP contribution < -0.4 is 21.2 Å². The van der Waals surface area contributed by atoms with Gasteiger partial charge < -0.3 is 0 Å². The molecule has 0 fully saturated rings. The molecule has 0 saturated heterocycles. The summed E-state index contributed by atoms with van der Waals surface area (Å²) < 4.78 is 7.67. The van der Waals surface area contributed by atoms with Gasteiger partial charge in [-0.25, -0.2) is 0 Å². The molecule has 0 saturated carbocycles. The molecule has 0 spiro atoms. The topological polar surface area (TPSA) is 56.3 Å². The van der Waals surface area contributed by atoms with Crippen LogP contribution in [0.15, 0.2) is 28.7 Å². The van der Waals surface area contributed by atoms with E-state index in [9.17, 15) is 10.1 Å². The van der Waals surface area contributed by atoms with Crippen LogP contribution in [0.25, 0.3) is 11.0 Å². The van der Waals surface area contributed by atoms with E-state index in [4.69, 9.17) is 4.42 Å². The van der Waals surface area contributed by atoms with E-state index >= 15 is 0 Å². The second kappa shape index (κ2) is 4.18. The normalized spacial score (nSPS) is 11.0. The van der Waals surface area contributed by atoms with Crippen molar-refractivity contribution in [2.24, 2.45) is 0 Å². The summed E-state index contributed by atoms with van der Waals surface area (Å²) in [6, 6.07) is 6.61. The second-order valence-electron chi connectivity index (χ2n) is 2.93. The molecule has 4 nitrogen and oxygen atoms in total. The van der Waals surface area contributed by atoms with Gasteiger partial charge in [-0.2, -0.15) is 0 Å². The molecular formula is C10H9INO3-. The first-order valence-corrected chi connectivity index (χ1v) is 7.08. The third-order valence-electron chi connectivity index (χ3n) is 1.95. The number of nitro groups is 1. The van der Waals surface area contributed by atoms with Gasteiger partial charge in [0.15, 0.2) is 0 Å². The molecule has 1 heterocycles. The zero-order chi connectivity index (χ0) is 10.8. The van der Waals surface area contributed by atoms with Crippen molar-refractivity contribution in [3.63, 3.8) is 0 Å². The Morgan fingerprint density at radius 1 is 1.47 bits per heavy atom. The van der Waals surface area contributed by atoms with Gasteiger partial charge in [0.2, 0.25) is 0 Å². The molecule has 5 heteroatoms. The van der Waals surface area contributed by atoms with Crippen molar-refractivity contribution in [1.29, 1.82) is 0 Å². The van der Waals surface area contributed by atoms with Crippen LogP contribution in [0.2, 0.25) is 0 Å². The van der Waals surface area contributed by atoms with Crippen LogP contribution in [-0.2, 0) is 0 Å². The molecule has 1 aromatic heterocycles. The monoisotopic (exact) mass is 318 g/mol. The molecule has 80 valence electrons. The molecule has 0 aliphatic rings. The first-order chi connectivity index (χ1) is 7.20. The van der Waals surface area contributed by atoms with Crippen molar-refractivity contribution in [3.8, 4) is 0 Å². The van der Waals surface area contributed by atoms with Crippen molar-refractivity contribution in [2.45, 2.75) is 6.92 Å². The summed E-state index contributed by atoms with van der Waals surface area (Å²) in [5.74, 6) is 0. The van der Waals surface area contributed by atoms with Crippen LogP contribution in [0, 0.1) is 13.9 Å². The van der Waals surface area contributed by atoms with Crippen molar-refractivity contribution in [3.05, 3.63) is 38.1 Å². The number of furan rings is 1. The first-order valence-electron chi connectivity index (χ1n) is 4.48. The van der Waals surface area contributed by atoms with E-state index in [-0.39, 0.29) is 31.8 Å². The molecule has 2 rings (SSSR count). The second-order valence-corrected chi connectivity index (χ2v) is 6.28. The van der Waals surface area contributed by atoms with E-state index in [0.717, 1.165) is 19.2 Å². The summed E-state index contributed by atoms with van der Waals surface area (Å²) in [7, 11) is 0. The Morgan fingerprint density at radius 3 is 2.93 bits per heavy atom. The maximum absolute atomic E-state index is 10.6. The Hall–Kier alpha value is -1.11. The molecular weight excluding hydrogens is 309 g/mol. The number of non-ortho nitro benzene ring substituents is 1. The number of alkyl halides is 1. The van der Waals surface area contributed by atoms with Crippen LogP contribution in [0.1, 0.15) is 6.92 Å². The molecule has 15 heavy (non-hydrogen) atoms. The Balaban J connectivity index is 2.47. The number of benzene rings is 1. The number of hydrogen-bond acceptors (Lipinski definition) is 3. The van der Waals surface area contributed by atoms with E-state index in [0.29, 0.717) is 0 Å². The summed E-state index contributed by atoms with van der Waals surface area (Å²) in [4.78, 5) is 10.2. The fraction of sp³-hybridized carbons (Fsp3) is 0.200. The SMILES string of the molecule is CC[I-]c1cc2cc([N+](=O)[O-])ccc2o1. The van der Waals surface area contributed by atoms with Crippen LogP contribution >= 0.6 is 0 Å². The Morgan fingerprint density at radius 2 is 2.27 bits per heavy atom. The quantitative estimate of drug-likeness (QED) is 0.336. The van der Waals surface area contributed by atoms with Gasteiger partial charge in [0.1, 0.15) is 0 Å². The summed E-state index contributed by atoms with van der Waals surface area (Å²) in [5.41, 5.74) is 0.855. The average Bonchev–Trinajstić information content (AvgIpc) is 2.59. The van der Waals surface area contributed by atoms with Gasteiger partial charge in [-0.1, -0.05) is 0 Å². The average molecular weight is 318 g/mol. The van der Waals surface area contributed by atoms with Crippen LogP contribution in [0.4, 0.5) is 5.69 Å². The number of nitrogens with zero attached hydrogens (tertiary/aromatic N) is 1. The Labute approximate surface area is 96.7 Å². The predicted octanol–water partition coefficient (Wildman–Crippen LogP) is -0.380. The summed E-state index contributed by atoms with van der Waals surface area (Å²) in [6.45, 7) is 2.11. The van der Waals surface area contributed by atoms with Gasteiger partial charge in [-0.15, -0.1) is 0 Å². The molecule has 2 aromatic rings. The van der Waals surface area contributed by atoms with Crippen LogP contribution in [0.3, 0.4) is 0 Å². The van der Waals surface area contributed by atoms with Crippen molar-refractivity contribution < 1.29 is 30.5 Å². The zero-order valence-corrected chi connectivity index (χ0v) is 10.2. The van der Waals surface area contributed by atoms with E-state index in [2.05, 4.69) is 6.92 Å². The molecule has 0 atom stereocenters. The van der Waals surface area contributed by atoms with Crippen LogP contribution in [-0.4, -0.2) is 9.35 Å². The van der Waals surface area contributed by atoms with E-state index < -0.39 is 0 Å². The standard InChI is InChI=1S/C10H9INO3/c1-2-11-10-6-7-5-8(12(13)14)3-4-9(7)15-10/h3-6H,2H2,1H3/q-1. The van der Waals surface area contributed by atoms with Gasteiger partial charge in [0.25, 0.3) is 0 Å². The molecule has 1 aromatic carbocycles. The van der Waals surface area contributed by atoms with Gasteiger partial charge in [-0.3, -0.25) is 0 Å². The third-order valence-corrected chi connectivity index (χ3v) is 3.99. The number of nitro benzene ring substituents is 1. The van der Waals surface area contributed by atoms with Crippen molar-refractivity contribution in [1.82, 2.24) is 0 Å². The molecule has 0 radical (unpaired) electrons. The van der Waals surface area contributed by atoms with Crippen molar-refractivity contribution >= 4 is 16.7 Å². The number of fused-ring (bicyclic) bond motifs is 1. The van der Waals surface area contributed by atoms with Gasteiger partial charge in [0.05, 0.1) is 0 Å². The number of rotatable bonds is 3. The van der Waals surface area contributed by atoms with E-state index in [1.807, 2.05) is 6.07 Å². The fourth-order valence-corrected chi connectivity index (χ4v) is 3.01. The van der Waals surface area contributed by atoms with E-state index in [1.54, 1.807) is 12.1 Å². The minimum atomic E-state index is -0.388. The molecule has 0 N–H and O–H groups in total.